The van der Waals surface area contributed by atoms with Crippen molar-refractivity contribution in [2.24, 2.45) is 0 Å². The number of para-hydroxylation sites is 1. The van der Waals surface area contributed by atoms with E-state index >= 15 is 0 Å². The van der Waals surface area contributed by atoms with Crippen molar-refractivity contribution >= 4 is 33.5 Å². The first kappa shape index (κ1) is 14.6. The van der Waals surface area contributed by atoms with Gasteiger partial charge in [0.05, 0.1) is 5.52 Å². The highest BCUT2D eigenvalue weighted by atomic mass is 127. The Balaban J connectivity index is 2.04. The summed E-state index contributed by atoms with van der Waals surface area (Å²) in [6.45, 7) is 0.274. The first-order valence-electron chi connectivity index (χ1n) is 7.25. The van der Waals surface area contributed by atoms with Gasteiger partial charge in [0.15, 0.2) is 0 Å². The molecule has 2 aromatic carbocycles. The van der Waals surface area contributed by atoms with Gasteiger partial charge in [0, 0.05) is 27.4 Å². The van der Waals surface area contributed by atoms with Gasteiger partial charge in [0.2, 0.25) is 0 Å². The smallest absolute Gasteiger partial charge is 0.0531 e. The Morgan fingerprint density at radius 1 is 0.952 bits per heavy atom. The third-order valence-corrected chi connectivity index (χ3v) is 4.47. The molecular formula is C18H18INO. The van der Waals surface area contributed by atoms with Crippen LogP contribution in [0, 0.1) is 3.57 Å². The minimum atomic E-state index is 0.274. The number of nitrogens with zero attached hydrogens (tertiary/aromatic N) is 1. The van der Waals surface area contributed by atoms with E-state index in [1.165, 1.54) is 25.7 Å². The molecule has 1 heterocycles. The lowest BCUT2D eigenvalue weighted by atomic mass is 10.1. The normalized spacial score (nSPS) is 11.1. The molecule has 1 N–H and O–H groups in total. The first-order chi connectivity index (χ1) is 10.3. The quantitative estimate of drug-likeness (QED) is 0.501. The maximum Gasteiger partial charge on any atom is 0.0531 e. The van der Waals surface area contributed by atoms with Gasteiger partial charge in [0.25, 0.3) is 0 Å². The third kappa shape index (κ3) is 3.14. The molecule has 0 amide bonds. The number of rotatable bonds is 5. The van der Waals surface area contributed by atoms with Gasteiger partial charge in [-0.1, -0.05) is 18.2 Å². The summed E-state index contributed by atoms with van der Waals surface area (Å²) in [4.78, 5) is 0. The zero-order valence-corrected chi connectivity index (χ0v) is 14.0. The summed E-state index contributed by atoms with van der Waals surface area (Å²) in [5.74, 6) is 0. The summed E-state index contributed by atoms with van der Waals surface area (Å²) in [5.41, 5.74) is 3.80. The van der Waals surface area contributed by atoms with Gasteiger partial charge in [-0.3, -0.25) is 0 Å². The SMILES string of the molecule is OCCCCc1cn(-c2ccc(I)cc2)c2ccccc12. The van der Waals surface area contributed by atoms with E-state index in [1.807, 2.05) is 0 Å². The molecule has 0 bridgehead atoms. The zero-order chi connectivity index (χ0) is 14.7. The van der Waals surface area contributed by atoms with E-state index in [2.05, 4.69) is 81.9 Å². The molecule has 0 aliphatic carbocycles. The molecule has 3 aromatic rings. The van der Waals surface area contributed by atoms with Gasteiger partial charge < -0.3 is 9.67 Å². The molecule has 0 unspecified atom stereocenters. The van der Waals surface area contributed by atoms with Crippen LogP contribution >= 0.6 is 22.6 Å². The molecule has 21 heavy (non-hydrogen) atoms. The van der Waals surface area contributed by atoms with Crippen molar-refractivity contribution < 1.29 is 5.11 Å². The highest BCUT2D eigenvalue weighted by Crippen LogP contribution is 2.26. The van der Waals surface area contributed by atoms with E-state index in [0.717, 1.165) is 19.3 Å². The van der Waals surface area contributed by atoms with Gasteiger partial charge in [-0.05, 0) is 77.7 Å². The van der Waals surface area contributed by atoms with Gasteiger partial charge >= 0.3 is 0 Å². The fourth-order valence-corrected chi connectivity index (χ4v) is 3.05. The Kier molecular flexibility index (Phi) is 4.60. The molecule has 0 saturated carbocycles. The number of unbranched alkanes of at least 4 members (excludes halogenated alkanes) is 1. The highest BCUT2D eigenvalue weighted by molar-refractivity contribution is 14.1. The van der Waals surface area contributed by atoms with Crippen molar-refractivity contribution in [3.63, 3.8) is 0 Å². The largest absolute Gasteiger partial charge is 0.396 e. The van der Waals surface area contributed by atoms with Crippen LogP contribution in [-0.4, -0.2) is 16.3 Å². The standard InChI is InChI=1S/C18H18INO/c19-15-8-10-16(11-9-15)20-13-14(5-3-4-12-21)17-6-1-2-7-18(17)20/h1-2,6-11,13,21H,3-5,12H2. The van der Waals surface area contributed by atoms with Crippen molar-refractivity contribution in [3.8, 4) is 5.69 Å². The molecule has 0 fully saturated rings. The number of halogens is 1. The van der Waals surface area contributed by atoms with Crippen molar-refractivity contribution in [1.29, 1.82) is 0 Å². The molecule has 1 aromatic heterocycles. The maximum atomic E-state index is 8.96. The van der Waals surface area contributed by atoms with E-state index in [9.17, 15) is 0 Å². The monoisotopic (exact) mass is 391 g/mol. The first-order valence-corrected chi connectivity index (χ1v) is 8.33. The maximum absolute atomic E-state index is 8.96. The molecule has 0 spiro atoms. The van der Waals surface area contributed by atoms with Gasteiger partial charge in [-0.2, -0.15) is 0 Å². The molecular weight excluding hydrogens is 373 g/mol. The topological polar surface area (TPSA) is 25.2 Å². The lowest BCUT2D eigenvalue weighted by molar-refractivity contribution is 0.284. The van der Waals surface area contributed by atoms with E-state index in [0.29, 0.717) is 0 Å². The molecule has 0 aliphatic heterocycles. The van der Waals surface area contributed by atoms with Crippen LogP contribution in [0.25, 0.3) is 16.6 Å². The predicted molar refractivity (Wildman–Crippen MR) is 96.0 cm³/mol. The number of aliphatic hydroxyl groups excluding tert-OH is 1. The van der Waals surface area contributed by atoms with Crippen LogP contribution in [0.1, 0.15) is 18.4 Å². The number of hydrogen-bond acceptors (Lipinski definition) is 1. The molecule has 0 aliphatic rings. The van der Waals surface area contributed by atoms with E-state index in [-0.39, 0.29) is 6.61 Å². The minimum absolute atomic E-state index is 0.274. The summed E-state index contributed by atoms with van der Waals surface area (Å²) in [6, 6.07) is 17.1. The summed E-state index contributed by atoms with van der Waals surface area (Å²) in [7, 11) is 0. The van der Waals surface area contributed by atoms with Crippen LogP contribution in [0.4, 0.5) is 0 Å². The summed E-state index contributed by atoms with van der Waals surface area (Å²) < 4.78 is 3.51. The van der Waals surface area contributed by atoms with Crippen molar-refractivity contribution in [2.45, 2.75) is 19.3 Å². The van der Waals surface area contributed by atoms with E-state index in [4.69, 9.17) is 5.11 Å². The van der Waals surface area contributed by atoms with Gasteiger partial charge in [-0.25, -0.2) is 0 Å². The second kappa shape index (κ2) is 6.62. The summed E-state index contributed by atoms with van der Waals surface area (Å²) in [5, 5.41) is 10.3. The number of benzene rings is 2. The average Bonchev–Trinajstić information content (AvgIpc) is 2.88. The molecule has 3 rings (SSSR count). The molecule has 0 saturated heterocycles. The second-order valence-electron chi connectivity index (χ2n) is 5.20. The van der Waals surface area contributed by atoms with E-state index in [1.54, 1.807) is 0 Å². The van der Waals surface area contributed by atoms with Crippen LogP contribution in [0.15, 0.2) is 54.7 Å². The molecule has 3 heteroatoms. The number of aliphatic hydroxyl groups is 1. The summed E-state index contributed by atoms with van der Waals surface area (Å²) in [6.07, 6.45) is 5.14. The predicted octanol–water partition coefficient (Wildman–Crippen LogP) is 4.55. The van der Waals surface area contributed by atoms with Gasteiger partial charge in [-0.15, -0.1) is 0 Å². The Hall–Kier alpha value is -1.33. The molecule has 0 radical (unpaired) electrons. The Bertz CT molecular complexity index is 731. The Morgan fingerprint density at radius 2 is 1.71 bits per heavy atom. The van der Waals surface area contributed by atoms with Crippen LogP contribution in [0.2, 0.25) is 0 Å². The second-order valence-corrected chi connectivity index (χ2v) is 6.44. The zero-order valence-electron chi connectivity index (χ0n) is 11.8. The number of hydrogen-bond donors (Lipinski definition) is 1. The van der Waals surface area contributed by atoms with E-state index < -0.39 is 0 Å². The lowest BCUT2D eigenvalue weighted by Gasteiger charge is -2.05. The molecule has 0 atom stereocenters. The lowest BCUT2D eigenvalue weighted by Crippen LogP contribution is -1.91. The van der Waals surface area contributed by atoms with Crippen LogP contribution in [0.5, 0.6) is 0 Å². The minimum Gasteiger partial charge on any atom is -0.396 e. The van der Waals surface area contributed by atoms with Crippen molar-refractivity contribution in [1.82, 2.24) is 4.57 Å². The molecule has 2 nitrogen and oxygen atoms in total. The van der Waals surface area contributed by atoms with Crippen LogP contribution in [-0.2, 0) is 6.42 Å². The summed E-state index contributed by atoms with van der Waals surface area (Å²) >= 11 is 2.33. The number of aromatic nitrogens is 1. The Labute approximate surface area is 138 Å². The Morgan fingerprint density at radius 3 is 2.48 bits per heavy atom. The highest BCUT2D eigenvalue weighted by Gasteiger charge is 2.09. The average molecular weight is 391 g/mol. The fraction of sp³-hybridized carbons (Fsp3) is 0.222. The third-order valence-electron chi connectivity index (χ3n) is 3.75. The fourth-order valence-electron chi connectivity index (χ4n) is 2.69. The van der Waals surface area contributed by atoms with Crippen LogP contribution < -0.4 is 0 Å². The van der Waals surface area contributed by atoms with Crippen molar-refractivity contribution in [3.05, 3.63) is 63.9 Å². The number of aryl methyl sites for hydroxylation is 1. The van der Waals surface area contributed by atoms with Crippen molar-refractivity contribution in [2.75, 3.05) is 6.61 Å². The molecule has 108 valence electrons. The van der Waals surface area contributed by atoms with Crippen LogP contribution in [0.3, 0.4) is 0 Å². The van der Waals surface area contributed by atoms with Gasteiger partial charge in [0.1, 0.15) is 0 Å². The number of fused-ring (bicyclic) bond motifs is 1.